The molecule has 0 amide bonds. The Kier molecular flexibility index (Phi) is 8.45. The van der Waals surface area contributed by atoms with Gasteiger partial charge in [-0.15, -0.1) is 15.0 Å². The zero-order chi connectivity index (χ0) is 35.9. The second-order valence-electron chi connectivity index (χ2n) is 12.8. The molecule has 0 fully saturated rings. The minimum Gasteiger partial charge on any atom is -0.455 e. The third-order valence-electron chi connectivity index (χ3n) is 9.69. The fraction of sp³-hybridized carbons (Fsp3) is 0.0930. The van der Waals surface area contributed by atoms with Crippen LogP contribution in [-0.2, 0) is 18.5 Å². The number of tetrazole rings is 1. The number of imidazole rings is 1. The lowest BCUT2D eigenvalue weighted by atomic mass is 9.77. The average Bonchev–Trinajstić information content (AvgIpc) is 3.92. The number of aromatic nitrogens is 7. The van der Waals surface area contributed by atoms with Crippen molar-refractivity contribution in [1.29, 1.82) is 0 Å². The first-order valence-electron chi connectivity index (χ1n) is 17.3. The molecule has 53 heavy (non-hydrogen) atoms. The molecule has 0 bridgehead atoms. The van der Waals surface area contributed by atoms with Gasteiger partial charge in [0, 0.05) is 22.9 Å². The molecule has 9 rings (SSSR count). The molecule has 4 heterocycles. The van der Waals surface area contributed by atoms with E-state index in [4.69, 9.17) is 36.4 Å². The van der Waals surface area contributed by atoms with E-state index in [9.17, 15) is 0 Å². The molecule has 9 aromatic rings. The molecule has 0 radical (unpaired) electrons. The Labute approximate surface area is 318 Å². The lowest BCUT2D eigenvalue weighted by molar-refractivity contribution is 0.396. The lowest BCUT2D eigenvalue weighted by Gasteiger charge is -2.34. The van der Waals surface area contributed by atoms with Crippen LogP contribution in [0.3, 0.4) is 0 Å². The molecule has 0 saturated heterocycles. The van der Waals surface area contributed by atoms with E-state index in [2.05, 4.69) is 80.9 Å². The topological polar surface area (TPSA) is 87.5 Å². The molecule has 0 aliphatic heterocycles. The average molecular weight is 777 g/mol. The number of fused-ring (bicyclic) bond motifs is 2. The molecule has 0 atom stereocenters. The predicted octanol–water partition coefficient (Wildman–Crippen LogP) is 10.4. The second-order valence-corrected chi connectivity index (χ2v) is 14.0. The number of rotatable bonds is 9. The molecule has 0 unspecified atom stereocenters. The molecule has 258 valence electrons. The number of hydrogen-bond donors (Lipinski definition) is 0. The van der Waals surface area contributed by atoms with Crippen LogP contribution >= 0.6 is 27.5 Å². The summed E-state index contributed by atoms with van der Waals surface area (Å²) in [5.74, 6) is 2.11. The first kappa shape index (κ1) is 33.0. The maximum Gasteiger partial charge on any atom is 0.205 e. The van der Waals surface area contributed by atoms with E-state index in [1.54, 1.807) is 10.9 Å². The number of halogens is 2. The van der Waals surface area contributed by atoms with Gasteiger partial charge in [0.1, 0.15) is 27.8 Å². The van der Waals surface area contributed by atoms with Crippen molar-refractivity contribution in [2.45, 2.75) is 25.4 Å². The van der Waals surface area contributed by atoms with E-state index in [1.807, 2.05) is 91.0 Å². The third kappa shape index (κ3) is 5.64. The number of aryl methyl sites for hydroxylation is 1. The maximum atomic E-state index is 6.57. The van der Waals surface area contributed by atoms with Crippen molar-refractivity contribution in [1.82, 2.24) is 34.7 Å². The number of furan rings is 1. The minimum absolute atomic E-state index is 0.443. The lowest BCUT2D eigenvalue weighted by Crippen LogP contribution is -2.39. The number of hydrogen-bond acceptors (Lipinski definition) is 6. The molecular weight excluding hydrogens is 746 g/mol. The highest BCUT2D eigenvalue weighted by Gasteiger charge is 2.41. The second kappa shape index (κ2) is 13.6. The summed E-state index contributed by atoms with van der Waals surface area (Å²) in [6.45, 7) is 2.68. The summed E-state index contributed by atoms with van der Waals surface area (Å²) in [6, 6.07) is 48.9. The number of nitrogens with zero attached hydrogens (tertiary/aromatic N) is 7. The van der Waals surface area contributed by atoms with E-state index in [0.29, 0.717) is 23.3 Å². The molecule has 0 N–H and O–H groups in total. The van der Waals surface area contributed by atoms with Crippen molar-refractivity contribution >= 4 is 49.7 Å². The molecular formula is C43H31BrClN7O. The van der Waals surface area contributed by atoms with Crippen LogP contribution in [0.4, 0.5) is 0 Å². The first-order valence-corrected chi connectivity index (χ1v) is 18.5. The van der Waals surface area contributed by atoms with Crippen LogP contribution in [0.1, 0.15) is 35.0 Å². The molecule has 10 heteroatoms. The van der Waals surface area contributed by atoms with E-state index < -0.39 is 5.54 Å². The van der Waals surface area contributed by atoms with Crippen molar-refractivity contribution in [3.8, 4) is 22.7 Å². The van der Waals surface area contributed by atoms with Crippen LogP contribution in [0.25, 0.3) is 44.8 Å². The van der Waals surface area contributed by atoms with Gasteiger partial charge in [-0.05, 0) is 67.7 Å². The van der Waals surface area contributed by atoms with Crippen LogP contribution in [0, 0.1) is 0 Å². The van der Waals surface area contributed by atoms with Gasteiger partial charge in [-0.3, -0.25) is 0 Å². The number of pyridine rings is 1. The summed E-state index contributed by atoms with van der Waals surface area (Å²) in [5.41, 5.74) is 7.22. The normalized spacial score (nSPS) is 11.8. The van der Waals surface area contributed by atoms with Gasteiger partial charge in [-0.25, -0.2) is 9.97 Å². The molecule has 0 spiro atoms. The summed E-state index contributed by atoms with van der Waals surface area (Å²) in [6.07, 6.45) is 0.772. The minimum atomic E-state index is -0.890. The Hall–Kier alpha value is -5.90. The van der Waals surface area contributed by atoms with Crippen LogP contribution in [-0.4, -0.2) is 34.7 Å². The summed E-state index contributed by atoms with van der Waals surface area (Å²) in [5, 5.41) is 16.1. The van der Waals surface area contributed by atoms with Gasteiger partial charge in [0.2, 0.25) is 5.82 Å². The van der Waals surface area contributed by atoms with Gasteiger partial charge >= 0.3 is 0 Å². The molecule has 8 nitrogen and oxygen atoms in total. The predicted molar refractivity (Wildman–Crippen MR) is 212 cm³/mol. The molecule has 4 aromatic heterocycles. The Morgan fingerprint density at radius 3 is 1.98 bits per heavy atom. The largest absolute Gasteiger partial charge is 0.455 e. The van der Waals surface area contributed by atoms with Crippen LogP contribution in [0.15, 0.2) is 154 Å². The van der Waals surface area contributed by atoms with Gasteiger partial charge in [0.15, 0.2) is 11.2 Å². The fourth-order valence-electron chi connectivity index (χ4n) is 7.26. The molecule has 0 aliphatic rings. The highest BCUT2D eigenvalue weighted by atomic mass is 79.9. The molecule has 0 aliphatic carbocycles. The first-order chi connectivity index (χ1) is 26.0. The third-order valence-corrected chi connectivity index (χ3v) is 10.7. The number of benzene rings is 5. The Bertz CT molecular complexity index is 2630. The van der Waals surface area contributed by atoms with Crippen molar-refractivity contribution in [3.63, 3.8) is 0 Å². The summed E-state index contributed by atoms with van der Waals surface area (Å²) in [4.78, 5) is 11.1. The summed E-state index contributed by atoms with van der Waals surface area (Å²) in [7, 11) is 0. The van der Waals surface area contributed by atoms with E-state index in [1.165, 1.54) is 0 Å². The van der Waals surface area contributed by atoms with Crippen molar-refractivity contribution in [2.24, 2.45) is 0 Å². The summed E-state index contributed by atoms with van der Waals surface area (Å²) < 4.78 is 9.54. The SMILES string of the molecule is CCc1nc2ccc(Cl)nc2n1Cc1ccc2oc(-c3ccccc3-c3nnn(C(c4ccccc4)(c4ccccc4)c4ccccc4)n3)c(Br)c2c1. The van der Waals surface area contributed by atoms with E-state index >= 15 is 0 Å². The smallest absolute Gasteiger partial charge is 0.205 e. The van der Waals surface area contributed by atoms with Gasteiger partial charge in [-0.1, -0.05) is 140 Å². The summed E-state index contributed by atoms with van der Waals surface area (Å²) >= 11 is 10.2. The van der Waals surface area contributed by atoms with Gasteiger partial charge in [0.25, 0.3) is 0 Å². The monoisotopic (exact) mass is 775 g/mol. The van der Waals surface area contributed by atoms with Crippen molar-refractivity contribution in [2.75, 3.05) is 0 Å². The highest BCUT2D eigenvalue weighted by molar-refractivity contribution is 9.10. The van der Waals surface area contributed by atoms with Gasteiger partial charge in [0.05, 0.1) is 11.0 Å². The zero-order valence-electron chi connectivity index (χ0n) is 28.6. The van der Waals surface area contributed by atoms with E-state index in [0.717, 1.165) is 72.2 Å². The Balaban J connectivity index is 1.15. The van der Waals surface area contributed by atoms with E-state index in [-0.39, 0.29) is 0 Å². The molecule has 0 saturated carbocycles. The Morgan fingerprint density at radius 1 is 0.717 bits per heavy atom. The van der Waals surface area contributed by atoms with Crippen molar-refractivity contribution in [3.05, 3.63) is 183 Å². The van der Waals surface area contributed by atoms with Crippen LogP contribution in [0.5, 0.6) is 0 Å². The standard InChI is InChI=1S/C43H31BrClN7O/c1-2-38-46-35-23-25-37(45)47-42(35)51(38)27-28-22-24-36-34(26-28)39(44)40(53-36)32-20-12-13-21-33(32)41-48-50-52(49-41)43(29-14-6-3-7-15-29,30-16-8-4-9-17-30)31-18-10-5-11-19-31/h3-26H,2,27H2,1H3. The van der Waals surface area contributed by atoms with Gasteiger partial charge < -0.3 is 8.98 Å². The highest BCUT2D eigenvalue weighted by Crippen LogP contribution is 2.43. The fourth-order valence-corrected chi connectivity index (χ4v) is 8.00. The van der Waals surface area contributed by atoms with Crippen LogP contribution < -0.4 is 0 Å². The maximum absolute atomic E-state index is 6.57. The molecule has 5 aromatic carbocycles. The Morgan fingerprint density at radius 2 is 1.34 bits per heavy atom. The van der Waals surface area contributed by atoms with Crippen molar-refractivity contribution < 1.29 is 4.42 Å². The van der Waals surface area contributed by atoms with Gasteiger partial charge in [-0.2, -0.15) is 0 Å². The quantitative estimate of drug-likeness (QED) is 0.107. The van der Waals surface area contributed by atoms with Crippen LogP contribution in [0.2, 0.25) is 5.15 Å². The zero-order valence-corrected chi connectivity index (χ0v) is 30.9.